The lowest BCUT2D eigenvalue weighted by molar-refractivity contribution is 0.0601. The van der Waals surface area contributed by atoms with Crippen LogP contribution < -0.4 is 5.32 Å². The maximum absolute atomic E-state index is 11.5. The van der Waals surface area contributed by atoms with E-state index in [0.717, 1.165) is 18.5 Å². The van der Waals surface area contributed by atoms with Crippen molar-refractivity contribution in [1.29, 1.82) is 0 Å². The highest BCUT2D eigenvalue weighted by Crippen LogP contribution is 2.22. The van der Waals surface area contributed by atoms with E-state index in [1.165, 1.54) is 7.11 Å². The third-order valence-corrected chi connectivity index (χ3v) is 2.84. The van der Waals surface area contributed by atoms with Crippen LogP contribution in [0.5, 0.6) is 0 Å². The normalized spacial score (nSPS) is 12.0. The second-order valence-corrected chi connectivity index (χ2v) is 4.43. The molecule has 0 fully saturated rings. The second-order valence-electron chi connectivity index (χ2n) is 4.02. The molecule has 0 spiro atoms. The van der Waals surface area contributed by atoms with Gasteiger partial charge in [0.2, 0.25) is 0 Å². The van der Waals surface area contributed by atoms with Crippen molar-refractivity contribution in [3.05, 3.63) is 28.8 Å². The van der Waals surface area contributed by atoms with Gasteiger partial charge in [-0.3, -0.25) is 0 Å². The van der Waals surface area contributed by atoms with Crippen LogP contribution in [0.25, 0.3) is 0 Å². The Morgan fingerprint density at radius 3 is 2.82 bits per heavy atom. The molecule has 1 atom stereocenters. The molecule has 0 aliphatic rings. The topological polar surface area (TPSA) is 38.3 Å². The summed E-state index contributed by atoms with van der Waals surface area (Å²) in [4.78, 5) is 11.5. The second kappa shape index (κ2) is 6.50. The molecule has 1 rings (SSSR count). The first-order valence-electron chi connectivity index (χ1n) is 5.72. The van der Waals surface area contributed by atoms with Crippen LogP contribution in [0.1, 0.15) is 37.0 Å². The van der Waals surface area contributed by atoms with Crippen LogP contribution in [0.3, 0.4) is 0 Å². The first-order valence-corrected chi connectivity index (χ1v) is 6.10. The van der Waals surface area contributed by atoms with E-state index in [9.17, 15) is 4.79 Å². The van der Waals surface area contributed by atoms with Gasteiger partial charge in [-0.05, 0) is 31.5 Å². The SMILES string of the molecule is CCCC(C)Nc1ccc(Cl)c(C(=O)OC)c1. The summed E-state index contributed by atoms with van der Waals surface area (Å²) in [6, 6.07) is 5.66. The molecule has 94 valence electrons. The Morgan fingerprint density at radius 2 is 2.24 bits per heavy atom. The van der Waals surface area contributed by atoms with Gasteiger partial charge >= 0.3 is 5.97 Å². The number of nitrogens with one attached hydrogen (secondary N) is 1. The number of halogens is 1. The van der Waals surface area contributed by atoms with E-state index in [-0.39, 0.29) is 0 Å². The molecule has 0 radical (unpaired) electrons. The van der Waals surface area contributed by atoms with Crippen LogP contribution >= 0.6 is 11.6 Å². The highest BCUT2D eigenvalue weighted by molar-refractivity contribution is 6.33. The lowest BCUT2D eigenvalue weighted by Crippen LogP contribution is -2.15. The van der Waals surface area contributed by atoms with E-state index >= 15 is 0 Å². The molecule has 1 N–H and O–H groups in total. The Morgan fingerprint density at radius 1 is 1.53 bits per heavy atom. The van der Waals surface area contributed by atoms with Crippen molar-refractivity contribution < 1.29 is 9.53 Å². The minimum absolute atomic E-state index is 0.367. The quantitative estimate of drug-likeness (QED) is 0.815. The average molecular weight is 256 g/mol. The number of carbonyl (C=O) groups excluding carboxylic acids is 1. The highest BCUT2D eigenvalue weighted by Gasteiger charge is 2.11. The van der Waals surface area contributed by atoms with Crippen molar-refractivity contribution >= 4 is 23.3 Å². The van der Waals surface area contributed by atoms with Gasteiger partial charge in [-0.25, -0.2) is 4.79 Å². The zero-order chi connectivity index (χ0) is 12.8. The minimum Gasteiger partial charge on any atom is -0.465 e. The molecule has 0 aromatic heterocycles. The fraction of sp³-hybridized carbons (Fsp3) is 0.462. The van der Waals surface area contributed by atoms with Gasteiger partial charge in [-0.2, -0.15) is 0 Å². The summed E-state index contributed by atoms with van der Waals surface area (Å²) in [5.74, 6) is -0.415. The van der Waals surface area contributed by atoms with Crippen molar-refractivity contribution in [2.75, 3.05) is 12.4 Å². The summed E-state index contributed by atoms with van der Waals surface area (Å²) in [6.07, 6.45) is 2.20. The Labute approximate surface area is 107 Å². The summed E-state index contributed by atoms with van der Waals surface area (Å²) in [7, 11) is 1.35. The van der Waals surface area contributed by atoms with Gasteiger partial charge in [-0.1, -0.05) is 24.9 Å². The van der Waals surface area contributed by atoms with Crippen LogP contribution in [0, 0.1) is 0 Å². The van der Waals surface area contributed by atoms with Crippen LogP contribution in [0.4, 0.5) is 5.69 Å². The minimum atomic E-state index is -0.415. The molecule has 4 heteroatoms. The van der Waals surface area contributed by atoms with Crippen molar-refractivity contribution in [1.82, 2.24) is 0 Å². The van der Waals surface area contributed by atoms with Crippen molar-refractivity contribution in [2.24, 2.45) is 0 Å². The fourth-order valence-electron chi connectivity index (χ4n) is 1.67. The molecule has 17 heavy (non-hydrogen) atoms. The van der Waals surface area contributed by atoms with Gasteiger partial charge in [0.25, 0.3) is 0 Å². The molecule has 0 aliphatic carbocycles. The zero-order valence-corrected chi connectivity index (χ0v) is 11.2. The van der Waals surface area contributed by atoms with Crippen LogP contribution in [-0.4, -0.2) is 19.1 Å². The molecule has 0 amide bonds. The summed E-state index contributed by atoms with van der Waals surface area (Å²) in [5, 5.41) is 3.73. The van der Waals surface area contributed by atoms with Crippen molar-refractivity contribution in [3.8, 4) is 0 Å². The van der Waals surface area contributed by atoms with Crippen molar-refractivity contribution in [3.63, 3.8) is 0 Å². The largest absolute Gasteiger partial charge is 0.465 e. The number of esters is 1. The Balaban J connectivity index is 2.85. The molecule has 0 saturated carbocycles. The van der Waals surface area contributed by atoms with Gasteiger partial charge in [0.15, 0.2) is 0 Å². The molecule has 0 heterocycles. The molecule has 0 aliphatic heterocycles. The molecular formula is C13H18ClNO2. The first-order chi connectivity index (χ1) is 8.08. The molecule has 0 bridgehead atoms. The predicted molar refractivity (Wildman–Crippen MR) is 70.8 cm³/mol. The van der Waals surface area contributed by atoms with Crippen molar-refractivity contribution in [2.45, 2.75) is 32.7 Å². The maximum atomic E-state index is 11.5. The Bertz CT molecular complexity index is 393. The number of benzene rings is 1. The number of rotatable bonds is 5. The van der Waals surface area contributed by atoms with Crippen LogP contribution in [0.15, 0.2) is 18.2 Å². The third kappa shape index (κ3) is 3.93. The standard InChI is InChI=1S/C13H18ClNO2/c1-4-5-9(2)15-10-6-7-12(14)11(8-10)13(16)17-3/h6-9,15H,4-5H2,1-3H3. The molecule has 1 unspecified atom stereocenters. The smallest absolute Gasteiger partial charge is 0.339 e. The fourth-order valence-corrected chi connectivity index (χ4v) is 1.87. The predicted octanol–water partition coefficient (Wildman–Crippen LogP) is 3.73. The van der Waals surface area contributed by atoms with E-state index in [1.807, 2.05) is 6.07 Å². The van der Waals surface area contributed by atoms with Gasteiger partial charge in [-0.15, -0.1) is 0 Å². The van der Waals surface area contributed by atoms with Gasteiger partial charge in [0.1, 0.15) is 0 Å². The number of anilines is 1. The van der Waals surface area contributed by atoms with E-state index < -0.39 is 5.97 Å². The average Bonchev–Trinajstić information content (AvgIpc) is 2.31. The summed E-state index contributed by atoms with van der Waals surface area (Å²) in [6.45, 7) is 4.25. The Kier molecular flexibility index (Phi) is 5.29. The monoisotopic (exact) mass is 255 g/mol. The summed E-state index contributed by atoms with van der Waals surface area (Å²) >= 11 is 5.94. The number of carbonyl (C=O) groups is 1. The Hall–Kier alpha value is -1.22. The molecule has 1 aromatic carbocycles. The molecule has 1 aromatic rings. The summed E-state index contributed by atoms with van der Waals surface area (Å²) in [5.41, 5.74) is 1.28. The van der Waals surface area contributed by atoms with E-state index in [1.54, 1.807) is 12.1 Å². The molecule has 0 saturated heterocycles. The summed E-state index contributed by atoms with van der Waals surface area (Å²) < 4.78 is 4.67. The highest BCUT2D eigenvalue weighted by atomic mass is 35.5. The molecule has 3 nitrogen and oxygen atoms in total. The first kappa shape index (κ1) is 13.8. The van der Waals surface area contributed by atoms with Gasteiger partial charge < -0.3 is 10.1 Å². The van der Waals surface area contributed by atoms with Crippen LogP contribution in [-0.2, 0) is 4.74 Å². The number of hydrogen-bond acceptors (Lipinski definition) is 3. The number of ether oxygens (including phenoxy) is 1. The maximum Gasteiger partial charge on any atom is 0.339 e. The molecular weight excluding hydrogens is 238 g/mol. The van der Waals surface area contributed by atoms with E-state index in [2.05, 4.69) is 23.9 Å². The number of hydrogen-bond donors (Lipinski definition) is 1. The lowest BCUT2D eigenvalue weighted by Gasteiger charge is -2.15. The zero-order valence-electron chi connectivity index (χ0n) is 10.4. The third-order valence-electron chi connectivity index (χ3n) is 2.51. The van der Waals surface area contributed by atoms with Gasteiger partial charge in [0, 0.05) is 11.7 Å². The lowest BCUT2D eigenvalue weighted by atomic mass is 10.1. The number of methoxy groups -OCH3 is 1. The van der Waals surface area contributed by atoms with Gasteiger partial charge in [0.05, 0.1) is 17.7 Å². The van der Waals surface area contributed by atoms with E-state index in [0.29, 0.717) is 16.6 Å². The van der Waals surface area contributed by atoms with E-state index in [4.69, 9.17) is 11.6 Å². The van der Waals surface area contributed by atoms with Crippen LogP contribution in [0.2, 0.25) is 5.02 Å².